The largest absolute Gasteiger partial charge is 0.493 e. The van der Waals surface area contributed by atoms with E-state index in [0.717, 1.165) is 30.6 Å². The highest BCUT2D eigenvalue weighted by Gasteiger charge is 2.09. The summed E-state index contributed by atoms with van der Waals surface area (Å²) in [5.41, 5.74) is 1.54. The molecule has 0 fully saturated rings. The maximum atomic E-state index is 11.4. The smallest absolute Gasteiger partial charge is 0.188 e. The van der Waals surface area contributed by atoms with Crippen molar-refractivity contribution in [2.75, 3.05) is 19.1 Å². The second-order valence-corrected chi connectivity index (χ2v) is 4.42. The molecule has 0 spiro atoms. The van der Waals surface area contributed by atoms with E-state index in [2.05, 4.69) is 6.92 Å². The quantitative estimate of drug-likeness (QED) is 0.449. The number of hydrogen-bond donors (Lipinski definition) is 1. The minimum atomic E-state index is -0.460. The Labute approximate surface area is 113 Å². The highest BCUT2D eigenvalue weighted by Crippen LogP contribution is 2.22. The summed E-state index contributed by atoms with van der Waals surface area (Å²) >= 11 is 5.60. The Balaban J connectivity index is 2.85. The molecule has 0 radical (unpaired) electrons. The van der Waals surface area contributed by atoms with Gasteiger partial charge < -0.3 is 9.84 Å². The van der Waals surface area contributed by atoms with Crippen molar-refractivity contribution in [2.45, 2.75) is 26.2 Å². The lowest BCUT2D eigenvalue weighted by molar-refractivity contribution is 0.0903. The van der Waals surface area contributed by atoms with Crippen LogP contribution in [0.4, 0.5) is 0 Å². The Morgan fingerprint density at radius 3 is 2.83 bits per heavy atom. The summed E-state index contributed by atoms with van der Waals surface area (Å²) in [6.07, 6.45) is 2.62. The van der Waals surface area contributed by atoms with Crippen molar-refractivity contribution < 1.29 is 14.6 Å². The number of aliphatic hydroxyl groups is 1. The van der Waals surface area contributed by atoms with Crippen LogP contribution in [0.15, 0.2) is 18.2 Å². The monoisotopic (exact) mass is 270 g/mol. The molecule has 0 bridgehead atoms. The zero-order valence-electron chi connectivity index (χ0n) is 10.6. The fraction of sp³-hybridized carbons (Fsp3) is 0.500. The summed E-state index contributed by atoms with van der Waals surface area (Å²) in [5.74, 6) is 1.11. The molecule has 1 rings (SSSR count). The molecule has 0 saturated heterocycles. The molecule has 100 valence electrons. The molecule has 18 heavy (non-hydrogen) atoms. The van der Waals surface area contributed by atoms with Gasteiger partial charge in [-0.3, -0.25) is 4.79 Å². The predicted octanol–water partition coefficient (Wildman–Crippen LogP) is 2.82. The molecule has 4 heteroatoms. The average molecular weight is 271 g/mol. The molecule has 0 amide bonds. The van der Waals surface area contributed by atoms with Gasteiger partial charge in [0.05, 0.1) is 6.61 Å². The standard InChI is InChI=1S/C14H19ClO3/c1-2-4-12-9-11(13(17)10-16)5-6-14(12)18-8-3-7-15/h5-6,9,16H,2-4,7-8,10H2,1H3. The van der Waals surface area contributed by atoms with E-state index in [1.54, 1.807) is 18.2 Å². The molecule has 1 aromatic carbocycles. The Kier molecular flexibility index (Phi) is 6.76. The maximum absolute atomic E-state index is 11.4. The number of ketones is 1. The van der Waals surface area contributed by atoms with Crippen molar-refractivity contribution in [3.63, 3.8) is 0 Å². The van der Waals surface area contributed by atoms with Gasteiger partial charge in [0.15, 0.2) is 5.78 Å². The number of rotatable bonds is 8. The van der Waals surface area contributed by atoms with Crippen LogP contribution < -0.4 is 4.74 Å². The SMILES string of the molecule is CCCc1cc(C(=O)CO)ccc1OCCCCl. The van der Waals surface area contributed by atoms with Gasteiger partial charge in [-0.2, -0.15) is 0 Å². The number of carbonyl (C=O) groups excluding carboxylic acids is 1. The van der Waals surface area contributed by atoms with Crippen LogP contribution in [-0.2, 0) is 6.42 Å². The van der Waals surface area contributed by atoms with Crippen LogP contribution in [0.1, 0.15) is 35.7 Å². The molecule has 1 aromatic rings. The number of hydrogen-bond acceptors (Lipinski definition) is 3. The number of alkyl halides is 1. The predicted molar refractivity (Wildman–Crippen MR) is 72.7 cm³/mol. The van der Waals surface area contributed by atoms with E-state index >= 15 is 0 Å². The third kappa shape index (κ3) is 4.31. The first-order valence-electron chi connectivity index (χ1n) is 6.18. The van der Waals surface area contributed by atoms with Gasteiger partial charge in [0.25, 0.3) is 0 Å². The molecular weight excluding hydrogens is 252 g/mol. The van der Waals surface area contributed by atoms with Crippen molar-refractivity contribution in [3.05, 3.63) is 29.3 Å². The first kappa shape index (κ1) is 15.0. The highest BCUT2D eigenvalue weighted by atomic mass is 35.5. The second-order valence-electron chi connectivity index (χ2n) is 4.04. The summed E-state index contributed by atoms with van der Waals surface area (Å²) in [6, 6.07) is 5.29. The van der Waals surface area contributed by atoms with E-state index in [9.17, 15) is 4.79 Å². The van der Waals surface area contributed by atoms with Gasteiger partial charge >= 0.3 is 0 Å². The Bertz CT molecular complexity index is 391. The number of halogens is 1. The minimum Gasteiger partial charge on any atom is -0.493 e. The van der Waals surface area contributed by atoms with Crippen molar-refractivity contribution in [1.82, 2.24) is 0 Å². The van der Waals surface area contributed by atoms with E-state index in [-0.39, 0.29) is 5.78 Å². The summed E-state index contributed by atoms with van der Waals surface area (Å²) in [6.45, 7) is 2.19. The third-order valence-electron chi connectivity index (χ3n) is 2.58. The molecular formula is C14H19ClO3. The third-order valence-corrected chi connectivity index (χ3v) is 2.85. The number of aryl methyl sites for hydroxylation is 1. The second kappa shape index (κ2) is 8.11. The van der Waals surface area contributed by atoms with Crippen LogP contribution in [0.3, 0.4) is 0 Å². The Hall–Kier alpha value is -1.06. The van der Waals surface area contributed by atoms with Crippen LogP contribution >= 0.6 is 11.6 Å². The molecule has 0 aromatic heterocycles. The summed E-state index contributed by atoms with van der Waals surface area (Å²) in [5, 5.41) is 8.86. The van der Waals surface area contributed by atoms with E-state index in [4.69, 9.17) is 21.4 Å². The van der Waals surface area contributed by atoms with Crippen LogP contribution in [0, 0.1) is 0 Å². The van der Waals surface area contributed by atoms with Crippen molar-refractivity contribution >= 4 is 17.4 Å². The van der Waals surface area contributed by atoms with E-state index in [0.29, 0.717) is 18.1 Å². The molecule has 0 saturated carbocycles. The van der Waals surface area contributed by atoms with E-state index in [1.165, 1.54) is 0 Å². The van der Waals surface area contributed by atoms with Gasteiger partial charge in [0, 0.05) is 11.4 Å². The molecule has 3 nitrogen and oxygen atoms in total. The lowest BCUT2D eigenvalue weighted by Crippen LogP contribution is -2.07. The molecule has 0 atom stereocenters. The number of carbonyl (C=O) groups is 1. The van der Waals surface area contributed by atoms with Gasteiger partial charge in [0.1, 0.15) is 12.4 Å². The highest BCUT2D eigenvalue weighted by molar-refractivity contribution is 6.17. The van der Waals surface area contributed by atoms with E-state index < -0.39 is 6.61 Å². The van der Waals surface area contributed by atoms with E-state index in [1.807, 2.05) is 0 Å². The van der Waals surface area contributed by atoms with Crippen molar-refractivity contribution in [2.24, 2.45) is 0 Å². The number of aliphatic hydroxyl groups excluding tert-OH is 1. The zero-order valence-corrected chi connectivity index (χ0v) is 11.4. The van der Waals surface area contributed by atoms with Crippen LogP contribution in [0.5, 0.6) is 5.75 Å². The summed E-state index contributed by atoms with van der Waals surface area (Å²) < 4.78 is 5.64. The molecule has 0 heterocycles. The molecule has 0 aliphatic carbocycles. The van der Waals surface area contributed by atoms with Gasteiger partial charge in [0.2, 0.25) is 0 Å². The lowest BCUT2D eigenvalue weighted by Gasteiger charge is -2.12. The van der Waals surface area contributed by atoms with Gasteiger partial charge in [-0.1, -0.05) is 13.3 Å². The topological polar surface area (TPSA) is 46.5 Å². The lowest BCUT2D eigenvalue weighted by atomic mass is 10.0. The van der Waals surface area contributed by atoms with Gasteiger partial charge in [-0.25, -0.2) is 0 Å². The van der Waals surface area contributed by atoms with Crippen molar-refractivity contribution in [3.8, 4) is 5.75 Å². The summed E-state index contributed by atoms with van der Waals surface area (Å²) in [4.78, 5) is 11.4. The van der Waals surface area contributed by atoms with Crippen LogP contribution in [-0.4, -0.2) is 30.0 Å². The number of ether oxygens (including phenoxy) is 1. The van der Waals surface area contributed by atoms with Gasteiger partial charge in [-0.15, -0.1) is 11.6 Å². The molecule has 0 aliphatic rings. The normalized spacial score (nSPS) is 10.4. The molecule has 0 aliphatic heterocycles. The van der Waals surface area contributed by atoms with Gasteiger partial charge in [-0.05, 0) is 36.6 Å². The molecule has 1 N–H and O–H groups in total. The minimum absolute atomic E-state index is 0.264. The fourth-order valence-corrected chi connectivity index (χ4v) is 1.80. The average Bonchev–Trinajstić information content (AvgIpc) is 2.40. The molecule has 0 unspecified atom stereocenters. The maximum Gasteiger partial charge on any atom is 0.188 e. The number of Topliss-reactive ketones (excluding diaryl/α,β-unsaturated/α-hetero) is 1. The fourth-order valence-electron chi connectivity index (χ4n) is 1.69. The van der Waals surface area contributed by atoms with Crippen LogP contribution in [0.25, 0.3) is 0 Å². The number of benzene rings is 1. The first-order valence-corrected chi connectivity index (χ1v) is 6.72. The summed E-state index contributed by atoms with van der Waals surface area (Å²) in [7, 11) is 0. The Morgan fingerprint density at radius 2 is 2.22 bits per heavy atom. The van der Waals surface area contributed by atoms with Crippen molar-refractivity contribution in [1.29, 1.82) is 0 Å². The first-order chi connectivity index (χ1) is 8.72. The zero-order chi connectivity index (χ0) is 13.4. The van der Waals surface area contributed by atoms with Crippen LogP contribution in [0.2, 0.25) is 0 Å². The Morgan fingerprint density at radius 1 is 1.44 bits per heavy atom.